The first kappa shape index (κ1) is 21.6. The fourth-order valence-electron chi connectivity index (χ4n) is 3.23. The van der Waals surface area contributed by atoms with E-state index < -0.39 is 16.9 Å². The van der Waals surface area contributed by atoms with Gasteiger partial charge in [0, 0.05) is 17.2 Å². The lowest BCUT2D eigenvalue weighted by Gasteiger charge is -2.06. The fraction of sp³-hybridized carbons (Fsp3) is 0.0800. The number of hydrogen-bond acceptors (Lipinski definition) is 7. The second-order valence-corrected chi connectivity index (χ2v) is 7.37. The van der Waals surface area contributed by atoms with Crippen molar-refractivity contribution in [3.8, 4) is 5.75 Å². The lowest BCUT2D eigenvalue weighted by molar-refractivity contribution is -0.385. The molecule has 0 fully saturated rings. The van der Waals surface area contributed by atoms with Crippen molar-refractivity contribution in [1.29, 1.82) is 0 Å². The summed E-state index contributed by atoms with van der Waals surface area (Å²) in [6, 6.07) is 18.2. The SMILES string of the molecule is Cc1ccccc1C(=O)Oc1ccc(/C=C2\N=C(c3ccc(C)c([N+](=O)[O-])c3)OC2=O)cc1. The number of nitro benzene ring substituents is 1. The Bertz CT molecular complexity index is 1340. The van der Waals surface area contributed by atoms with Crippen molar-refractivity contribution in [3.63, 3.8) is 0 Å². The number of carbonyl (C=O) groups excluding carboxylic acids is 2. The zero-order valence-corrected chi connectivity index (χ0v) is 17.8. The molecule has 0 unspecified atom stereocenters. The third-order valence-corrected chi connectivity index (χ3v) is 5.03. The number of cyclic esters (lactones) is 1. The minimum Gasteiger partial charge on any atom is -0.423 e. The summed E-state index contributed by atoms with van der Waals surface area (Å²) in [6.07, 6.45) is 1.52. The Morgan fingerprint density at radius 3 is 2.45 bits per heavy atom. The smallest absolute Gasteiger partial charge is 0.363 e. The van der Waals surface area contributed by atoms with Crippen LogP contribution in [0.3, 0.4) is 0 Å². The Morgan fingerprint density at radius 2 is 1.76 bits per heavy atom. The van der Waals surface area contributed by atoms with Crippen LogP contribution >= 0.6 is 0 Å². The number of carbonyl (C=O) groups is 2. The van der Waals surface area contributed by atoms with Gasteiger partial charge in [-0.05, 0) is 55.3 Å². The third kappa shape index (κ3) is 4.69. The van der Waals surface area contributed by atoms with Gasteiger partial charge in [0.15, 0.2) is 5.70 Å². The maximum atomic E-state index is 12.3. The number of ether oxygens (including phenoxy) is 2. The highest BCUT2D eigenvalue weighted by atomic mass is 16.6. The number of nitro groups is 1. The van der Waals surface area contributed by atoms with E-state index in [4.69, 9.17) is 9.47 Å². The molecule has 1 heterocycles. The van der Waals surface area contributed by atoms with Crippen LogP contribution < -0.4 is 4.74 Å². The first-order valence-electron chi connectivity index (χ1n) is 9.97. The van der Waals surface area contributed by atoms with Crippen LogP contribution in [-0.4, -0.2) is 22.8 Å². The van der Waals surface area contributed by atoms with Crippen molar-refractivity contribution in [1.82, 2.24) is 0 Å². The van der Waals surface area contributed by atoms with Crippen molar-refractivity contribution in [2.45, 2.75) is 13.8 Å². The second-order valence-electron chi connectivity index (χ2n) is 7.37. The Balaban J connectivity index is 1.52. The molecule has 3 aromatic rings. The summed E-state index contributed by atoms with van der Waals surface area (Å²) in [5.41, 5.74) is 2.73. The maximum absolute atomic E-state index is 12.3. The molecule has 3 aromatic carbocycles. The van der Waals surface area contributed by atoms with Crippen LogP contribution in [0.5, 0.6) is 5.75 Å². The molecule has 0 amide bonds. The molecule has 8 nitrogen and oxygen atoms in total. The largest absolute Gasteiger partial charge is 0.423 e. The summed E-state index contributed by atoms with van der Waals surface area (Å²) in [5.74, 6) is -0.767. The summed E-state index contributed by atoms with van der Waals surface area (Å²) in [6.45, 7) is 3.45. The fourth-order valence-corrected chi connectivity index (χ4v) is 3.23. The van der Waals surface area contributed by atoms with Crippen molar-refractivity contribution in [3.05, 3.63) is 110 Å². The Kier molecular flexibility index (Phi) is 5.82. The highest BCUT2D eigenvalue weighted by Crippen LogP contribution is 2.25. The van der Waals surface area contributed by atoms with E-state index in [1.807, 2.05) is 19.1 Å². The number of rotatable bonds is 5. The van der Waals surface area contributed by atoms with Gasteiger partial charge in [0.25, 0.3) is 5.69 Å². The number of nitrogens with zero attached hydrogens (tertiary/aromatic N) is 2. The Morgan fingerprint density at radius 1 is 1.03 bits per heavy atom. The molecule has 0 saturated carbocycles. The van der Waals surface area contributed by atoms with E-state index in [-0.39, 0.29) is 17.3 Å². The van der Waals surface area contributed by atoms with Crippen LogP contribution in [0.1, 0.15) is 32.6 Å². The van der Waals surface area contributed by atoms with Crippen LogP contribution in [0.15, 0.2) is 77.4 Å². The van der Waals surface area contributed by atoms with Gasteiger partial charge in [-0.25, -0.2) is 14.6 Å². The van der Waals surface area contributed by atoms with Crippen molar-refractivity contribution < 1.29 is 24.0 Å². The van der Waals surface area contributed by atoms with E-state index in [2.05, 4.69) is 4.99 Å². The number of benzene rings is 3. The minimum absolute atomic E-state index is 0.00173. The molecule has 0 radical (unpaired) electrons. The molecule has 0 aromatic heterocycles. The number of hydrogen-bond donors (Lipinski definition) is 0. The summed E-state index contributed by atoms with van der Waals surface area (Å²) in [4.78, 5) is 39.4. The molecule has 0 aliphatic carbocycles. The zero-order valence-electron chi connectivity index (χ0n) is 17.8. The molecule has 33 heavy (non-hydrogen) atoms. The van der Waals surface area contributed by atoms with Crippen molar-refractivity contribution in [2.75, 3.05) is 0 Å². The molecule has 164 valence electrons. The van der Waals surface area contributed by atoms with Gasteiger partial charge in [-0.1, -0.05) is 36.4 Å². The summed E-state index contributed by atoms with van der Waals surface area (Å²) in [7, 11) is 0. The molecular weight excluding hydrogens is 424 g/mol. The summed E-state index contributed by atoms with van der Waals surface area (Å²) in [5, 5.41) is 11.2. The predicted molar refractivity (Wildman–Crippen MR) is 121 cm³/mol. The van der Waals surface area contributed by atoms with Gasteiger partial charge in [-0.2, -0.15) is 0 Å². The maximum Gasteiger partial charge on any atom is 0.363 e. The van der Waals surface area contributed by atoms with E-state index in [9.17, 15) is 19.7 Å². The average molecular weight is 442 g/mol. The van der Waals surface area contributed by atoms with Crippen LogP contribution in [0.2, 0.25) is 0 Å². The molecule has 1 aliphatic rings. The van der Waals surface area contributed by atoms with E-state index >= 15 is 0 Å². The van der Waals surface area contributed by atoms with Crippen LogP contribution in [0, 0.1) is 24.0 Å². The molecule has 1 aliphatic heterocycles. The van der Waals surface area contributed by atoms with Gasteiger partial charge in [0.05, 0.1) is 10.5 Å². The summed E-state index contributed by atoms with van der Waals surface area (Å²) < 4.78 is 10.6. The zero-order chi connectivity index (χ0) is 23.5. The lowest BCUT2D eigenvalue weighted by atomic mass is 10.1. The number of aryl methyl sites for hydroxylation is 2. The van der Waals surface area contributed by atoms with Crippen LogP contribution in [0.25, 0.3) is 6.08 Å². The molecule has 8 heteroatoms. The molecule has 0 saturated heterocycles. The van der Waals surface area contributed by atoms with E-state index in [1.165, 1.54) is 12.1 Å². The van der Waals surface area contributed by atoms with E-state index in [1.54, 1.807) is 55.5 Å². The van der Waals surface area contributed by atoms with Gasteiger partial charge in [-0.15, -0.1) is 0 Å². The van der Waals surface area contributed by atoms with Gasteiger partial charge >= 0.3 is 11.9 Å². The third-order valence-electron chi connectivity index (χ3n) is 5.03. The molecule has 0 spiro atoms. The highest BCUT2D eigenvalue weighted by Gasteiger charge is 2.26. The lowest BCUT2D eigenvalue weighted by Crippen LogP contribution is -2.09. The second kappa shape index (κ2) is 8.88. The van der Waals surface area contributed by atoms with Crippen molar-refractivity contribution >= 4 is 29.6 Å². The normalized spacial score (nSPS) is 14.1. The molecule has 4 rings (SSSR count). The van der Waals surface area contributed by atoms with Gasteiger partial charge in [0.2, 0.25) is 5.90 Å². The summed E-state index contributed by atoms with van der Waals surface area (Å²) >= 11 is 0. The highest BCUT2D eigenvalue weighted by molar-refractivity contribution is 6.13. The quantitative estimate of drug-likeness (QED) is 0.185. The van der Waals surface area contributed by atoms with E-state index in [0.717, 1.165) is 5.56 Å². The van der Waals surface area contributed by atoms with Gasteiger partial charge in [-0.3, -0.25) is 10.1 Å². The topological polar surface area (TPSA) is 108 Å². The van der Waals surface area contributed by atoms with Crippen LogP contribution in [-0.2, 0) is 9.53 Å². The number of aliphatic imine (C=N–C) groups is 1. The Hall–Kier alpha value is -4.59. The van der Waals surface area contributed by atoms with Crippen molar-refractivity contribution in [2.24, 2.45) is 4.99 Å². The first-order valence-corrected chi connectivity index (χ1v) is 9.97. The monoisotopic (exact) mass is 442 g/mol. The van der Waals surface area contributed by atoms with E-state index in [0.29, 0.717) is 28.0 Å². The van der Waals surface area contributed by atoms with Crippen LogP contribution in [0.4, 0.5) is 5.69 Å². The average Bonchev–Trinajstić information content (AvgIpc) is 3.15. The minimum atomic E-state index is -0.664. The van der Waals surface area contributed by atoms with Gasteiger partial charge < -0.3 is 9.47 Å². The Labute approximate surface area is 189 Å². The standard InChI is InChI=1S/C25H18N2O6/c1-15-5-3-4-6-20(15)24(28)32-19-11-8-17(9-12-19)13-21-25(29)33-23(26-21)18-10-7-16(2)22(14-18)27(30)31/h3-14H,1-2H3/b21-13-. The molecule has 0 atom stereocenters. The molecule has 0 bridgehead atoms. The first-order chi connectivity index (χ1) is 15.8. The number of esters is 2. The predicted octanol–water partition coefficient (Wildman–Crippen LogP) is 4.78. The molecule has 0 N–H and O–H groups in total. The van der Waals surface area contributed by atoms with Gasteiger partial charge in [0.1, 0.15) is 5.75 Å². The molecular formula is C25H18N2O6.